The summed E-state index contributed by atoms with van der Waals surface area (Å²) in [4.78, 5) is 18.0. The summed E-state index contributed by atoms with van der Waals surface area (Å²) in [6, 6.07) is 6.99. The van der Waals surface area contributed by atoms with Gasteiger partial charge in [-0.1, -0.05) is 46.9 Å². The second-order valence-electron chi connectivity index (χ2n) is 4.68. The van der Waals surface area contributed by atoms with Crippen molar-refractivity contribution in [1.29, 1.82) is 0 Å². The van der Waals surface area contributed by atoms with Crippen LogP contribution in [0.4, 0.5) is 0 Å². The number of halogens is 3. The Bertz CT molecular complexity index is 689. The van der Waals surface area contributed by atoms with Gasteiger partial charge in [-0.25, -0.2) is 0 Å². The molecule has 0 spiro atoms. The van der Waals surface area contributed by atoms with E-state index in [9.17, 15) is 4.79 Å². The largest absolute Gasteiger partial charge is 0.337 e. The molecule has 2 aromatic rings. The minimum absolute atomic E-state index is 0.219. The summed E-state index contributed by atoms with van der Waals surface area (Å²) < 4.78 is 0. The molecule has 3 nitrogen and oxygen atoms in total. The van der Waals surface area contributed by atoms with Crippen LogP contribution in [-0.2, 0) is 6.54 Å². The molecule has 0 N–H and O–H groups in total. The molecule has 6 heteroatoms. The predicted octanol–water partition coefficient (Wildman–Crippen LogP) is 4.62. The summed E-state index contributed by atoms with van der Waals surface area (Å²) in [6.07, 6.45) is 1.48. The number of rotatable bonds is 3. The average molecular weight is 344 g/mol. The van der Waals surface area contributed by atoms with Crippen molar-refractivity contribution >= 4 is 40.7 Å². The van der Waals surface area contributed by atoms with Crippen molar-refractivity contribution in [3.05, 3.63) is 62.4 Å². The van der Waals surface area contributed by atoms with Crippen molar-refractivity contribution in [2.75, 3.05) is 7.05 Å². The van der Waals surface area contributed by atoms with Gasteiger partial charge in [-0.3, -0.25) is 9.78 Å². The first-order valence-corrected chi connectivity index (χ1v) is 7.34. The minimum atomic E-state index is -0.219. The first-order chi connectivity index (χ1) is 9.90. The van der Waals surface area contributed by atoms with Crippen molar-refractivity contribution in [1.82, 2.24) is 9.88 Å². The van der Waals surface area contributed by atoms with Gasteiger partial charge in [0.25, 0.3) is 5.91 Å². The molecule has 1 heterocycles. The molecular formula is C15H13Cl3N2O. The molecular weight excluding hydrogens is 331 g/mol. The minimum Gasteiger partial charge on any atom is -0.337 e. The smallest absolute Gasteiger partial charge is 0.256 e. The third kappa shape index (κ3) is 3.67. The van der Waals surface area contributed by atoms with E-state index in [-0.39, 0.29) is 5.91 Å². The molecule has 2 rings (SSSR count). The zero-order valence-corrected chi connectivity index (χ0v) is 13.8. The van der Waals surface area contributed by atoms with Gasteiger partial charge in [0, 0.05) is 25.5 Å². The molecule has 1 amide bonds. The molecule has 21 heavy (non-hydrogen) atoms. The van der Waals surface area contributed by atoms with Crippen molar-refractivity contribution in [3.8, 4) is 0 Å². The van der Waals surface area contributed by atoms with E-state index < -0.39 is 0 Å². The Kier molecular flexibility index (Phi) is 5.09. The Labute approximate surface area is 138 Å². The molecule has 110 valence electrons. The summed E-state index contributed by atoms with van der Waals surface area (Å²) in [6.45, 7) is 2.15. The zero-order valence-electron chi connectivity index (χ0n) is 11.5. The van der Waals surface area contributed by atoms with Gasteiger partial charge in [-0.2, -0.15) is 0 Å². The summed E-state index contributed by atoms with van der Waals surface area (Å²) >= 11 is 18.2. The lowest BCUT2D eigenvalue weighted by molar-refractivity contribution is 0.0785. The number of carbonyl (C=O) groups excluding carboxylic acids is 1. The van der Waals surface area contributed by atoms with Crippen molar-refractivity contribution in [3.63, 3.8) is 0 Å². The Morgan fingerprint density at radius 3 is 2.62 bits per heavy atom. The maximum Gasteiger partial charge on any atom is 0.256 e. The van der Waals surface area contributed by atoms with E-state index in [0.29, 0.717) is 27.2 Å². The Balaban J connectivity index is 2.21. The normalized spacial score (nSPS) is 10.5. The quantitative estimate of drug-likeness (QED) is 0.814. The third-order valence-corrected chi connectivity index (χ3v) is 4.18. The number of aromatic nitrogens is 1. The van der Waals surface area contributed by atoms with E-state index in [1.165, 1.54) is 11.1 Å². The highest BCUT2D eigenvalue weighted by atomic mass is 35.5. The molecule has 0 aliphatic rings. The predicted molar refractivity (Wildman–Crippen MR) is 86.2 cm³/mol. The molecule has 0 aliphatic carbocycles. The Morgan fingerprint density at radius 1 is 1.24 bits per heavy atom. The SMILES string of the molecule is Cc1cc(Cl)c(C(=O)N(C)Cc2cccc(Cl)c2Cl)cn1. The highest BCUT2D eigenvalue weighted by Crippen LogP contribution is 2.27. The molecule has 0 atom stereocenters. The van der Waals surface area contributed by atoms with E-state index in [1.54, 1.807) is 25.2 Å². The molecule has 0 fully saturated rings. The maximum atomic E-state index is 12.4. The third-order valence-electron chi connectivity index (χ3n) is 3.01. The van der Waals surface area contributed by atoms with Gasteiger partial charge in [0.05, 0.1) is 20.6 Å². The van der Waals surface area contributed by atoms with Gasteiger partial charge in [0.15, 0.2) is 0 Å². The summed E-state index contributed by atoms with van der Waals surface area (Å²) in [5, 5.41) is 1.30. The van der Waals surface area contributed by atoms with Crippen LogP contribution in [-0.4, -0.2) is 22.8 Å². The zero-order chi connectivity index (χ0) is 15.6. The lowest BCUT2D eigenvalue weighted by Gasteiger charge is -2.19. The molecule has 0 bridgehead atoms. The molecule has 1 aromatic heterocycles. The van der Waals surface area contributed by atoms with Gasteiger partial charge in [0.2, 0.25) is 0 Å². The molecule has 0 radical (unpaired) electrons. The summed E-state index contributed by atoms with van der Waals surface area (Å²) in [5.74, 6) is -0.219. The van der Waals surface area contributed by atoms with E-state index in [0.717, 1.165) is 11.3 Å². The van der Waals surface area contributed by atoms with Crippen LogP contribution in [0, 0.1) is 6.92 Å². The second kappa shape index (κ2) is 6.65. The first-order valence-electron chi connectivity index (χ1n) is 6.20. The number of pyridine rings is 1. The number of amides is 1. The van der Waals surface area contributed by atoms with Crippen LogP contribution in [0.3, 0.4) is 0 Å². The number of carbonyl (C=O) groups is 1. The van der Waals surface area contributed by atoms with E-state index >= 15 is 0 Å². The van der Waals surface area contributed by atoms with Crippen LogP contribution < -0.4 is 0 Å². The molecule has 0 aliphatic heterocycles. The fourth-order valence-corrected chi connectivity index (χ4v) is 2.55. The van der Waals surface area contributed by atoms with Crippen LogP contribution in [0.5, 0.6) is 0 Å². The van der Waals surface area contributed by atoms with E-state index in [4.69, 9.17) is 34.8 Å². The lowest BCUT2D eigenvalue weighted by Crippen LogP contribution is -2.26. The Morgan fingerprint density at radius 2 is 1.95 bits per heavy atom. The standard InChI is InChI=1S/C15H13Cl3N2O/c1-9-6-13(17)11(7-19-9)15(21)20(2)8-10-4-3-5-12(16)14(10)18/h3-7H,8H2,1-2H3. The average Bonchev–Trinajstić information content (AvgIpc) is 2.43. The van der Waals surface area contributed by atoms with Crippen LogP contribution >= 0.6 is 34.8 Å². The summed E-state index contributed by atoms with van der Waals surface area (Å²) in [7, 11) is 1.68. The molecule has 0 unspecified atom stereocenters. The van der Waals surface area contributed by atoms with Crippen LogP contribution in [0.25, 0.3) is 0 Å². The van der Waals surface area contributed by atoms with E-state index in [2.05, 4.69) is 4.98 Å². The second-order valence-corrected chi connectivity index (χ2v) is 5.87. The van der Waals surface area contributed by atoms with Crippen molar-refractivity contribution < 1.29 is 4.79 Å². The highest BCUT2D eigenvalue weighted by molar-refractivity contribution is 6.42. The van der Waals surface area contributed by atoms with Gasteiger partial charge >= 0.3 is 0 Å². The van der Waals surface area contributed by atoms with Crippen LogP contribution in [0.1, 0.15) is 21.6 Å². The number of aryl methyl sites for hydroxylation is 1. The van der Waals surface area contributed by atoms with E-state index in [1.807, 2.05) is 13.0 Å². The monoisotopic (exact) mass is 342 g/mol. The number of nitrogens with zero attached hydrogens (tertiary/aromatic N) is 2. The van der Waals surface area contributed by atoms with Crippen LogP contribution in [0.2, 0.25) is 15.1 Å². The van der Waals surface area contributed by atoms with Gasteiger partial charge < -0.3 is 4.90 Å². The fourth-order valence-electron chi connectivity index (χ4n) is 1.89. The number of hydrogen-bond acceptors (Lipinski definition) is 2. The van der Waals surface area contributed by atoms with Crippen molar-refractivity contribution in [2.45, 2.75) is 13.5 Å². The highest BCUT2D eigenvalue weighted by Gasteiger charge is 2.17. The lowest BCUT2D eigenvalue weighted by atomic mass is 10.2. The Hall–Kier alpha value is -1.29. The van der Waals surface area contributed by atoms with Gasteiger partial charge in [-0.05, 0) is 24.6 Å². The molecule has 1 aromatic carbocycles. The topological polar surface area (TPSA) is 33.2 Å². The number of hydrogen-bond donors (Lipinski definition) is 0. The number of benzene rings is 1. The fraction of sp³-hybridized carbons (Fsp3) is 0.200. The summed E-state index contributed by atoms with van der Waals surface area (Å²) in [5.41, 5.74) is 1.90. The van der Waals surface area contributed by atoms with Crippen LogP contribution in [0.15, 0.2) is 30.5 Å². The van der Waals surface area contributed by atoms with Crippen molar-refractivity contribution in [2.24, 2.45) is 0 Å². The maximum absolute atomic E-state index is 12.4. The first kappa shape index (κ1) is 16.1. The van der Waals surface area contributed by atoms with Gasteiger partial charge in [0.1, 0.15) is 0 Å². The van der Waals surface area contributed by atoms with Gasteiger partial charge in [-0.15, -0.1) is 0 Å². The molecule has 0 saturated carbocycles. The molecule has 0 saturated heterocycles.